The molecular weight excluding hydrogens is 277 g/mol. The van der Waals surface area contributed by atoms with Crippen LogP contribution in [-0.4, -0.2) is 18.9 Å². The number of benzene rings is 1. The molecule has 0 aliphatic carbocycles. The van der Waals surface area contributed by atoms with Crippen molar-refractivity contribution in [1.82, 2.24) is 0 Å². The van der Waals surface area contributed by atoms with Gasteiger partial charge in [-0.2, -0.15) is 5.26 Å². The molecule has 2 aliphatic rings. The van der Waals surface area contributed by atoms with Crippen molar-refractivity contribution in [1.29, 1.82) is 5.26 Å². The molecule has 5 heteroatoms. The Morgan fingerprint density at radius 3 is 2.80 bits per heavy atom. The zero-order chi connectivity index (χ0) is 14.3. The van der Waals surface area contributed by atoms with Gasteiger partial charge in [-0.05, 0) is 36.5 Å². The predicted octanol–water partition coefficient (Wildman–Crippen LogP) is 2.82. The largest absolute Gasteiger partial charge is 0.228 e. The minimum absolute atomic E-state index is 0.0103. The Hall–Kier alpha value is -1.67. The molecule has 1 saturated heterocycles. The summed E-state index contributed by atoms with van der Waals surface area (Å²) < 4.78 is 38.1. The predicted molar refractivity (Wildman–Crippen MR) is 74.1 cm³/mol. The minimum atomic E-state index is -3.09. The second-order valence-corrected chi connectivity index (χ2v) is 7.80. The number of hydrogen-bond donors (Lipinski definition) is 0. The summed E-state index contributed by atoms with van der Waals surface area (Å²) in [7, 11) is -3.09. The van der Waals surface area contributed by atoms with Gasteiger partial charge in [0.25, 0.3) is 0 Å². The third-order valence-corrected chi connectivity index (χ3v) is 6.75. The van der Waals surface area contributed by atoms with Crippen LogP contribution in [0, 0.1) is 17.1 Å². The highest BCUT2D eigenvalue weighted by Gasteiger charge is 2.40. The van der Waals surface area contributed by atoms with Crippen LogP contribution in [-0.2, 0) is 9.84 Å². The molecule has 1 aromatic carbocycles. The SMILES string of the molecule is N#Cc1c(F)cccc1C1=CC2CCCC(C1)S2(=O)=O. The third-order valence-electron chi connectivity index (χ3n) is 4.21. The molecule has 2 unspecified atom stereocenters. The summed E-state index contributed by atoms with van der Waals surface area (Å²) in [5, 5.41) is 8.25. The van der Waals surface area contributed by atoms with Crippen molar-refractivity contribution in [3.8, 4) is 6.07 Å². The number of halogens is 1. The average molecular weight is 291 g/mol. The highest BCUT2D eigenvalue weighted by atomic mass is 32.2. The van der Waals surface area contributed by atoms with E-state index in [1.54, 1.807) is 18.2 Å². The Morgan fingerprint density at radius 1 is 1.30 bits per heavy atom. The van der Waals surface area contributed by atoms with Crippen LogP contribution in [0.4, 0.5) is 4.39 Å². The summed E-state index contributed by atoms with van der Waals surface area (Å²) in [5.41, 5.74) is 1.35. The Kier molecular flexibility index (Phi) is 3.14. The smallest absolute Gasteiger partial charge is 0.159 e. The maximum absolute atomic E-state index is 13.7. The Bertz CT molecular complexity index is 731. The highest BCUT2D eigenvalue weighted by Crippen LogP contribution is 2.40. The lowest BCUT2D eigenvalue weighted by Crippen LogP contribution is -2.38. The average Bonchev–Trinajstić information content (AvgIpc) is 2.37. The second kappa shape index (κ2) is 4.71. The topological polar surface area (TPSA) is 57.9 Å². The zero-order valence-electron chi connectivity index (χ0n) is 10.8. The molecule has 104 valence electrons. The van der Waals surface area contributed by atoms with E-state index in [0.717, 1.165) is 12.0 Å². The summed E-state index contributed by atoms with van der Waals surface area (Å²) in [6.45, 7) is 0. The maximum Gasteiger partial charge on any atom is 0.159 e. The Morgan fingerprint density at radius 2 is 2.10 bits per heavy atom. The van der Waals surface area contributed by atoms with Crippen molar-refractivity contribution in [3.05, 3.63) is 41.2 Å². The first-order chi connectivity index (χ1) is 9.54. The number of nitriles is 1. The van der Waals surface area contributed by atoms with Crippen LogP contribution in [0.2, 0.25) is 0 Å². The lowest BCUT2D eigenvalue weighted by molar-refractivity contribution is 0.518. The zero-order valence-corrected chi connectivity index (χ0v) is 11.7. The molecule has 2 bridgehead atoms. The molecule has 0 spiro atoms. The van der Waals surface area contributed by atoms with Crippen molar-refractivity contribution >= 4 is 15.4 Å². The van der Waals surface area contributed by atoms with E-state index < -0.39 is 20.9 Å². The number of sulfone groups is 1. The van der Waals surface area contributed by atoms with Crippen molar-refractivity contribution in [3.63, 3.8) is 0 Å². The van der Waals surface area contributed by atoms with E-state index in [2.05, 4.69) is 0 Å². The second-order valence-electron chi connectivity index (χ2n) is 5.35. The molecule has 1 fully saturated rings. The molecule has 3 rings (SSSR count). The van der Waals surface area contributed by atoms with Gasteiger partial charge in [0.1, 0.15) is 11.9 Å². The Balaban J connectivity index is 2.12. The fourth-order valence-corrected chi connectivity index (χ4v) is 5.41. The van der Waals surface area contributed by atoms with Crippen LogP contribution in [0.5, 0.6) is 0 Å². The van der Waals surface area contributed by atoms with Gasteiger partial charge in [0.05, 0.1) is 16.1 Å². The first-order valence-corrected chi connectivity index (χ1v) is 8.27. The number of nitrogens with zero attached hydrogens (tertiary/aromatic N) is 1. The maximum atomic E-state index is 13.7. The first kappa shape index (κ1) is 13.3. The van der Waals surface area contributed by atoms with Gasteiger partial charge in [-0.25, -0.2) is 12.8 Å². The van der Waals surface area contributed by atoms with Gasteiger partial charge < -0.3 is 0 Å². The normalized spacial score (nSPS) is 27.5. The van der Waals surface area contributed by atoms with E-state index in [0.29, 0.717) is 24.8 Å². The summed E-state index contributed by atoms with van der Waals surface area (Å²) in [6, 6.07) is 6.39. The van der Waals surface area contributed by atoms with E-state index in [1.807, 2.05) is 6.07 Å². The van der Waals surface area contributed by atoms with E-state index in [1.165, 1.54) is 6.07 Å². The van der Waals surface area contributed by atoms with Crippen LogP contribution in [0.1, 0.15) is 36.8 Å². The van der Waals surface area contributed by atoms with E-state index >= 15 is 0 Å². The van der Waals surface area contributed by atoms with Crippen LogP contribution in [0.25, 0.3) is 5.57 Å². The number of fused-ring (bicyclic) bond motifs is 2. The molecular formula is C15H14FNO2S. The molecule has 2 heterocycles. The fraction of sp³-hybridized carbons (Fsp3) is 0.400. The molecule has 2 aliphatic heterocycles. The lowest BCUT2D eigenvalue weighted by atomic mass is 9.91. The number of hydrogen-bond acceptors (Lipinski definition) is 3. The lowest BCUT2D eigenvalue weighted by Gasteiger charge is -2.33. The molecule has 2 atom stereocenters. The molecule has 0 saturated carbocycles. The Labute approximate surface area is 117 Å². The molecule has 20 heavy (non-hydrogen) atoms. The van der Waals surface area contributed by atoms with Gasteiger partial charge in [-0.1, -0.05) is 24.6 Å². The quantitative estimate of drug-likeness (QED) is 0.799. The van der Waals surface area contributed by atoms with E-state index in [4.69, 9.17) is 5.26 Å². The van der Waals surface area contributed by atoms with Gasteiger partial charge in [0, 0.05) is 0 Å². The molecule has 0 amide bonds. The molecule has 0 N–H and O–H groups in total. The van der Waals surface area contributed by atoms with Gasteiger partial charge in [0.15, 0.2) is 9.84 Å². The van der Waals surface area contributed by atoms with Crippen molar-refractivity contribution < 1.29 is 12.8 Å². The van der Waals surface area contributed by atoms with E-state index in [9.17, 15) is 12.8 Å². The van der Waals surface area contributed by atoms with Gasteiger partial charge in [-0.3, -0.25) is 0 Å². The molecule has 3 nitrogen and oxygen atoms in total. The van der Waals surface area contributed by atoms with E-state index in [-0.39, 0.29) is 10.8 Å². The van der Waals surface area contributed by atoms with Crippen LogP contribution in [0.3, 0.4) is 0 Å². The first-order valence-electron chi connectivity index (χ1n) is 6.66. The summed E-state index contributed by atoms with van der Waals surface area (Å²) in [6.07, 6.45) is 4.30. The monoisotopic (exact) mass is 291 g/mol. The standard InChI is InChI=1S/C15H14FNO2S/c16-15-6-2-5-13(14(15)9-17)10-7-11-3-1-4-12(8-10)20(11,18)19/h2,5-7,11-12H,1,3-4,8H2. The molecule has 0 aromatic heterocycles. The van der Waals surface area contributed by atoms with Gasteiger partial charge in [-0.15, -0.1) is 0 Å². The molecule has 1 aromatic rings. The van der Waals surface area contributed by atoms with Gasteiger partial charge in [0.2, 0.25) is 0 Å². The highest BCUT2D eigenvalue weighted by molar-refractivity contribution is 7.93. The van der Waals surface area contributed by atoms with Crippen LogP contribution >= 0.6 is 0 Å². The van der Waals surface area contributed by atoms with Crippen LogP contribution in [0.15, 0.2) is 24.3 Å². The number of allylic oxidation sites excluding steroid dienone is 1. The minimum Gasteiger partial charge on any atom is -0.228 e. The van der Waals surface area contributed by atoms with Crippen molar-refractivity contribution in [2.24, 2.45) is 0 Å². The van der Waals surface area contributed by atoms with Gasteiger partial charge >= 0.3 is 0 Å². The molecule has 0 radical (unpaired) electrons. The number of rotatable bonds is 1. The third kappa shape index (κ3) is 1.95. The summed E-state index contributed by atoms with van der Waals surface area (Å²) in [5.74, 6) is -0.551. The van der Waals surface area contributed by atoms with Crippen molar-refractivity contribution in [2.75, 3.05) is 0 Å². The van der Waals surface area contributed by atoms with Crippen molar-refractivity contribution in [2.45, 2.75) is 36.2 Å². The summed E-state index contributed by atoms with van der Waals surface area (Å²) >= 11 is 0. The summed E-state index contributed by atoms with van der Waals surface area (Å²) in [4.78, 5) is 0. The van der Waals surface area contributed by atoms with Crippen LogP contribution < -0.4 is 0 Å². The fourth-order valence-electron chi connectivity index (χ4n) is 3.16.